The van der Waals surface area contributed by atoms with Crippen LogP contribution in [0.15, 0.2) is 17.3 Å². The zero-order valence-corrected chi connectivity index (χ0v) is 18.3. The molecule has 2 heterocycles. The van der Waals surface area contributed by atoms with Gasteiger partial charge in [0.15, 0.2) is 14.4 Å². The second-order valence-electron chi connectivity index (χ2n) is 8.79. The van der Waals surface area contributed by atoms with Crippen LogP contribution in [0.5, 0.6) is 0 Å². The van der Waals surface area contributed by atoms with Gasteiger partial charge in [-0.3, -0.25) is 0 Å². The number of esters is 1. The number of oxime groups is 1. The van der Waals surface area contributed by atoms with E-state index in [9.17, 15) is 9.59 Å². The molecule has 9 nitrogen and oxygen atoms in total. The highest BCUT2D eigenvalue weighted by molar-refractivity contribution is 6.74. The SMILES string of the molecule is COC(=O)[C@H]1OC(=O)N[C@]12C=C[C@](OC)(O[Si](C)(C)C(C)(C)C)[C@@H]1ON=C[C@@H]12. The zero-order chi connectivity index (χ0) is 21.0. The largest absolute Gasteiger partial charge is 0.466 e. The Morgan fingerprint density at radius 1 is 1.29 bits per heavy atom. The predicted molar refractivity (Wildman–Crippen MR) is 102 cm³/mol. The second-order valence-corrected chi connectivity index (χ2v) is 13.5. The number of ether oxygens (including phenoxy) is 3. The van der Waals surface area contributed by atoms with Gasteiger partial charge in [0.25, 0.3) is 0 Å². The van der Waals surface area contributed by atoms with E-state index in [1.165, 1.54) is 14.2 Å². The van der Waals surface area contributed by atoms with Gasteiger partial charge in [-0.15, -0.1) is 0 Å². The van der Waals surface area contributed by atoms with Crippen LogP contribution in [0.1, 0.15) is 20.8 Å². The Bertz CT molecular complexity index is 732. The highest BCUT2D eigenvalue weighted by atomic mass is 28.4. The molecule has 1 fully saturated rings. The first kappa shape index (κ1) is 20.8. The van der Waals surface area contributed by atoms with Crippen molar-refractivity contribution >= 4 is 26.6 Å². The summed E-state index contributed by atoms with van der Waals surface area (Å²) in [6, 6.07) is 0. The number of rotatable bonds is 4. The topological polar surface area (TPSA) is 105 Å². The smallest absolute Gasteiger partial charge is 0.408 e. The molecule has 1 saturated heterocycles. The number of alkyl carbamates (subject to hydrolysis) is 1. The van der Waals surface area contributed by atoms with Gasteiger partial charge in [0.1, 0.15) is 5.54 Å². The molecule has 0 aromatic heterocycles. The number of carbonyl (C=O) groups is 2. The molecule has 0 radical (unpaired) electrons. The second kappa shape index (κ2) is 6.56. The van der Waals surface area contributed by atoms with Crippen LogP contribution < -0.4 is 5.32 Å². The molecule has 1 amide bonds. The van der Waals surface area contributed by atoms with Crippen molar-refractivity contribution in [3.8, 4) is 0 Å². The lowest BCUT2D eigenvalue weighted by atomic mass is 9.71. The van der Waals surface area contributed by atoms with Crippen LogP contribution in [-0.2, 0) is 28.3 Å². The molecule has 0 saturated carbocycles. The molecule has 2 aliphatic heterocycles. The zero-order valence-electron chi connectivity index (χ0n) is 17.3. The third-order valence-electron chi connectivity index (χ3n) is 6.19. The molecule has 0 aromatic rings. The maximum Gasteiger partial charge on any atom is 0.408 e. The van der Waals surface area contributed by atoms with Crippen LogP contribution in [0.3, 0.4) is 0 Å². The summed E-state index contributed by atoms with van der Waals surface area (Å²) < 4.78 is 22.5. The Balaban J connectivity index is 2.06. The average Bonchev–Trinajstić information content (AvgIpc) is 3.22. The van der Waals surface area contributed by atoms with Crippen molar-refractivity contribution in [1.29, 1.82) is 0 Å². The Kier molecular flexibility index (Phi) is 4.88. The summed E-state index contributed by atoms with van der Waals surface area (Å²) in [5, 5.41) is 6.63. The molecular formula is C18H28N2O7Si. The van der Waals surface area contributed by atoms with Gasteiger partial charge in [-0.05, 0) is 24.2 Å². The lowest BCUT2D eigenvalue weighted by Crippen LogP contribution is -2.67. The molecule has 0 unspecified atom stereocenters. The molecule has 0 aromatic carbocycles. The Morgan fingerprint density at radius 3 is 2.54 bits per heavy atom. The maximum absolute atomic E-state index is 12.3. The van der Waals surface area contributed by atoms with Crippen LogP contribution in [0, 0.1) is 5.92 Å². The van der Waals surface area contributed by atoms with Crippen LogP contribution in [0.25, 0.3) is 0 Å². The van der Waals surface area contributed by atoms with E-state index in [4.69, 9.17) is 23.5 Å². The summed E-state index contributed by atoms with van der Waals surface area (Å²) >= 11 is 0. The summed E-state index contributed by atoms with van der Waals surface area (Å²) in [5.41, 5.74) is -1.20. The van der Waals surface area contributed by atoms with E-state index in [0.29, 0.717) is 0 Å². The average molecular weight is 413 g/mol. The third-order valence-corrected chi connectivity index (χ3v) is 10.6. The Morgan fingerprint density at radius 2 is 1.96 bits per heavy atom. The molecule has 10 heteroatoms. The van der Waals surface area contributed by atoms with Gasteiger partial charge in [0, 0.05) is 7.11 Å². The lowest BCUT2D eigenvalue weighted by molar-refractivity contribution is -0.224. The molecule has 5 atom stereocenters. The van der Waals surface area contributed by atoms with Crippen LogP contribution in [0.4, 0.5) is 4.79 Å². The first-order chi connectivity index (χ1) is 12.9. The van der Waals surface area contributed by atoms with Crippen LogP contribution in [0.2, 0.25) is 18.1 Å². The Labute approximate surface area is 165 Å². The Hall–Kier alpha value is -1.91. The first-order valence-corrected chi connectivity index (χ1v) is 12.0. The van der Waals surface area contributed by atoms with Gasteiger partial charge in [-0.1, -0.05) is 32.0 Å². The van der Waals surface area contributed by atoms with Crippen molar-refractivity contribution in [2.45, 2.75) is 62.4 Å². The van der Waals surface area contributed by atoms with Gasteiger partial charge in [0.2, 0.25) is 11.9 Å². The van der Waals surface area contributed by atoms with Crippen molar-refractivity contribution < 1.29 is 33.1 Å². The van der Waals surface area contributed by atoms with E-state index in [-0.39, 0.29) is 5.04 Å². The van der Waals surface area contributed by atoms with Crippen molar-refractivity contribution in [2.24, 2.45) is 11.1 Å². The maximum atomic E-state index is 12.3. The summed E-state index contributed by atoms with van der Waals surface area (Å²) in [6.45, 7) is 10.6. The van der Waals surface area contributed by atoms with Crippen LogP contribution >= 0.6 is 0 Å². The van der Waals surface area contributed by atoms with Gasteiger partial charge >= 0.3 is 12.1 Å². The molecule has 0 bridgehead atoms. The van der Waals surface area contributed by atoms with E-state index in [2.05, 4.69) is 44.3 Å². The highest BCUT2D eigenvalue weighted by Crippen LogP contribution is 2.48. The van der Waals surface area contributed by atoms with Gasteiger partial charge in [-0.25, -0.2) is 9.59 Å². The number of nitrogens with one attached hydrogen (secondary N) is 1. The summed E-state index contributed by atoms with van der Waals surface area (Å²) in [4.78, 5) is 29.9. The fourth-order valence-electron chi connectivity index (χ4n) is 3.55. The molecular weight excluding hydrogens is 384 g/mol. The van der Waals surface area contributed by atoms with Crippen molar-refractivity contribution in [3.63, 3.8) is 0 Å². The minimum absolute atomic E-state index is 0.0737. The quantitative estimate of drug-likeness (QED) is 0.326. The van der Waals surface area contributed by atoms with E-state index in [1.54, 1.807) is 18.4 Å². The standard InChI is InChI=1S/C18H28N2O7Si/c1-16(2,3)28(6,7)27-18(24-5)9-8-17(11-10-19-26-12(11)18)13(14(21)23-4)25-15(22)20-17/h8-13H,1-7H3,(H,20,22)/t11-,12+,13+,17-,18-/m0/s1. The molecule has 3 rings (SSSR count). The minimum atomic E-state index is -2.28. The van der Waals surface area contributed by atoms with Gasteiger partial charge in [0.05, 0.1) is 19.2 Å². The van der Waals surface area contributed by atoms with Crippen molar-refractivity contribution in [2.75, 3.05) is 14.2 Å². The number of methoxy groups -OCH3 is 2. The number of nitrogens with zero attached hydrogens (tertiary/aromatic N) is 1. The molecule has 3 aliphatic rings. The lowest BCUT2D eigenvalue weighted by Gasteiger charge is -2.50. The number of hydrogen-bond acceptors (Lipinski definition) is 8. The number of cyclic esters (lactones) is 1. The minimum Gasteiger partial charge on any atom is -0.466 e. The fourth-order valence-corrected chi connectivity index (χ4v) is 4.92. The number of hydrogen-bond donors (Lipinski definition) is 1. The monoisotopic (exact) mass is 412 g/mol. The molecule has 1 aliphatic carbocycles. The van der Waals surface area contributed by atoms with E-state index in [0.717, 1.165) is 0 Å². The molecule has 1 spiro atoms. The number of amides is 1. The third kappa shape index (κ3) is 2.94. The van der Waals surface area contributed by atoms with Crippen molar-refractivity contribution in [1.82, 2.24) is 5.32 Å². The number of fused-ring (bicyclic) bond motifs is 2. The summed E-state index contributed by atoms with van der Waals surface area (Å²) in [6.07, 6.45) is 2.30. The van der Waals surface area contributed by atoms with Gasteiger partial charge < -0.3 is 28.8 Å². The summed E-state index contributed by atoms with van der Waals surface area (Å²) in [7, 11) is 0.501. The summed E-state index contributed by atoms with van der Waals surface area (Å²) in [5.74, 6) is -2.45. The van der Waals surface area contributed by atoms with E-state index in [1.807, 2.05) is 0 Å². The first-order valence-electron chi connectivity index (χ1n) is 9.14. The van der Waals surface area contributed by atoms with Crippen molar-refractivity contribution in [3.05, 3.63) is 12.2 Å². The number of carbonyl (C=O) groups excluding carboxylic acids is 2. The van der Waals surface area contributed by atoms with E-state index >= 15 is 0 Å². The molecule has 28 heavy (non-hydrogen) atoms. The normalized spacial score (nSPS) is 36.7. The molecule has 156 valence electrons. The van der Waals surface area contributed by atoms with Gasteiger partial charge in [-0.2, -0.15) is 0 Å². The predicted octanol–water partition coefficient (Wildman–Crippen LogP) is 1.94. The van der Waals surface area contributed by atoms with Crippen LogP contribution in [-0.4, -0.2) is 64.3 Å². The van der Waals surface area contributed by atoms with E-state index < -0.39 is 49.8 Å². The fraction of sp³-hybridized carbons (Fsp3) is 0.722. The highest BCUT2D eigenvalue weighted by Gasteiger charge is 2.67. The molecule has 1 N–H and O–H groups in total.